The molecule has 0 unspecified atom stereocenters. The molecule has 0 radical (unpaired) electrons. The van der Waals surface area contributed by atoms with E-state index in [1.165, 1.54) is 5.56 Å². The zero-order chi connectivity index (χ0) is 11.4. The standard InChI is InChI=1S/C12H17ClN2O/c13-11-3-1-10(2-4-11)5-15-7-12(6-14)8-16-9-12/h1-4,15H,5-9,14H2. The largest absolute Gasteiger partial charge is 0.380 e. The van der Waals surface area contributed by atoms with Gasteiger partial charge >= 0.3 is 0 Å². The molecule has 0 aliphatic carbocycles. The maximum absolute atomic E-state index is 5.82. The molecule has 0 amide bonds. The Labute approximate surface area is 101 Å². The second-order valence-corrected chi connectivity index (χ2v) is 4.86. The second-order valence-electron chi connectivity index (χ2n) is 4.43. The van der Waals surface area contributed by atoms with Crippen molar-refractivity contribution >= 4 is 11.6 Å². The van der Waals surface area contributed by atoms with E-state index in [9.17, 15) is 0 Å². The van der Waals surface area contributed by atoms with Crippen LogP contribution in [0.5, 0.6) is 0 Å². The molecule has 1 fully saturated rings. The first-order valence-corrected chi connectivity index (χ1v) is 5.85. The summed E-state index contributed by atoms with van der Waals surface area (Å²) >= 11 is 5.82. The van der Waals surface area contributed by atoms with E-state index in [1.807, 2.05) is 24.3 Å². The van der Waals surface area contributed by atoms with Gasteiger partial charge < -0.3 is 15.8 Å². The first kappa shape index (κ1) is 11.9. The van der Waals surface area contributed by atoms with E-state index in [1.54, 1.807) is 0 Å². The Hall–Kier alpha value is -0.610. The van der Waals surface area contributed by atoms with Gasteiger partial charge in [-0.15, -0.1) is 0 Å². The highest BCUT2D eigenvalue weighted by atomic mass is 35.5. The lowest BCUT2D eigenvalue weighted by Gasteiger charge is -2.40. The van der Waals surface area contributed by atoms with E-state index in [0.717, 1.165) is 31.3 Å². The van der Waals surface area contributed by atoms with Crippen molar-refractivity contribution in [2.24, 2.45) is 11.1 Å². The molecule has 1 aliphatic heterocycles. The van der Waals surface area contributed by atoms with Gasteiger partial charge in [0.2, 0.25) is 0 Å². The molecule has 1 heterocycles. The lowest BCUT2D eigenvalue weighted by Crippen LogP contribution is -2.54. The third-order valence-electron chi connectivity index (χ3n) is 2.99. The molecule has 1 aliphatic rings. The third kappa shape index (κ3) is 2.74. The van der Waals surface area contributed by atoms with Crippen molar-refractivity contribution in [2.45, 2.75) is 6.54 Å². The molecule has 0 aromatic heterocycles. The zero-order valence-corrected chi connectivity index (χ0v) is 9.96. The molecule has 2 rings (SSSR count). The molecule has 4 heteroatoms. The van der Waals surface area contributed by atoms with E-state index in [2.05, 4.69) is 5.32 Å². The van der Waals surface area contributed by atoms with Gasteiger partial charge in [-0.1, -0.05) is 23.7 Å². The van der Waals surface area contributed by atoms with Gasteiger partial charge in [-0.3, -0.25) is 0 Å². The van der Waals surface area contributed by atoms with Crippen LogP contribution >= 0.6 is 11.6 Å². The Kier molecular flexibility index (Phi) is 3.82. The van der Waals surface area contributed by atoms with Crippen LogP contribution in [-0.2, 0) is 11.3 Å². The van der Waals surface area contributed by atoms with Gasteiger partial charge in [0.05, 0.1) is 13.2 Å². The number of halogens is 1. The molecule has 16 heavy (non-hydrogen) atoms. The molecule has 0 bridgehead atoms. The Balaban J connectivity index is 1.77. The smallest absolute Gasteiger partial charge is 0.0569 e. The van der Waals surface area contributed by atoms with Gasteiger partial charge in [0.1, 0.15) is 0 Å². The maximum atomic E-state index is 5.82. The van der Waals surface area contributed by atoms with Gasteiger partial charge in [0.25, 0.3) is 0 Å². The first-order chi connectivity index (χ1) is 7.74. The summed E-state index contributed by atoms with van der Waals surface area (Å²) < 4.78 is 5.21. The zero-order valence-electron chi connectivity index (χ0n) is 9.21. The molecule has 88 valence electrons. The average molecular weight is 241 g/mol. The Morgan fingerprint density at radius 1 is 1.31 bits per heavy atom. The predicted octanol–water partition coefficient (Wildman–Crippen LogP) is 1.40. The quantitative estimate of drug-likeness (QED) is 0.818. The fraction of sp³-hybridized carbons (Fsp3) is 0.500. The summed E-state index contributed by atoms with van der Waals surface area (Å²) in [4.78, 5) is 0. The average Bonchev–Trinajstić information content (AvgIpc) is 2.25. The van der Waals surface area contributed by atoms with Crippen LogP contribution in [0.1, 0.15) is 5.56 Å². The first-order valence-electron chi connectivity index (χ1n) is 5.47. The summed E-state index contributed by atoms with van der Waals surface area (Å²) in [5.74, 6) is 0. The predicted molar refractivity (Wildman–Crippen MR) is 65.5 cm³/mol. The number of nitrogens with one attached hydrogen (secondary N) is 1. The van der Waals surface area contributed by atoms with Crippen LogP contribution in [0.2, 0.25) is 5.02 Å². The molecule has 0 spiro atoms. The highest BCUT2D eigenvalue weighted by Gasteiger charge is 2.36. The summed E-state index contributed by atoms with van der Waals surface area (Å²) in [6.45, 7) is 3.99. The molecule has 1 saturated heterocycles. The molecule has 0 saturated carbocycles. The molecule has 3 nitrogen and oxygen atoms in total. The molecular weight excluding hydrogens is 224 g/mol. The normalized spacial score (nSPS) is 18.1. The number of nitrogens with two attached hydrogens (primary N) is 1. The monoisotopic (exact) mass is 240 g/mol. The SMILES string of the molecule is NCC1(CNCc2ccc(Cl)cc2)COC1. The summed E-state index contributed by atoms with van der Waals surface area (Å²) in [6.07, 6.45) is 0. The summed E-state index contributed by atoms with van der Waals surface area (Å²) in [5.41, 5.74) is 7.12. The van der Waals surface area contributed by atoms with Gasteiger partial charge in [0.15, 0.2) is 0 Å². The topological polar surface area (TPSA) is 47.3 Å². The van der Waals surface area contributed by atoms with Crippen molar-refractivity contribution in [3.05, 3.63) is 34.9 Å². The van der Waals surface area contributed by atoms with Crippen molar-refractivity contribution in [3.63, 3.8) is 0 Å². The number of hydrogen-bond acceptors (Lipinski definition) is 3. The highest BCUT2D eigenvalue weighted by Crippen LogP contribution is 2.24. The van der Waals surface area contributed by atoms with Crippen LogP contribution < -0.4 is 11.1 Å². The Bertz CT molecular complexity index is 330. The van der Waals surface area contributed by atoms with Crippen molar-refractivity contribution in [2.75, 3.05) is 26.3 Å². The second kappa shape index (κ2) is 5.15. The fourth-order valence-electron chi connectivity index (χ4n) is 1.76. The lowest BCUT2D eigenvalue weighted by molar-refractivity contribution is -0.105. The van der Waals surface area contributed by atoms with Crippen molar-refractivity contribution in [3.8, 4) is 0 Å². The van der Waals surface area contributed by atoms with Crippen LogP contribution in [0.25, 0.3) is 0 Å². The highest BCUT2D eigenvalue weighted by molar-refractivity contribution is 6.30. The minimum absolute atomic E-state index is 0.159. The van der Waals surface area contributed by atoms with E-state index in [0.29, 0.717) is 6.54 Å². The molecule has 3 N–H and O–H groups in total. The molecule has 1 aromatic rings. The van der Waals surface area contributed by atoms with Gasteiger partial charge in [0, 0.05) is 30.1 Å². The van der Waals surface area contributed by atoms with Gasteiger partial charge in [-0.05, 0) is 17.7 Å². The van der Waals surface area contributed by atoms with E-state index in [4.69, 9.17) is 22.1 Å². The molecule has 0 atom stereocenters. The van der Waals surface area contributed by atoms with Gasteiger partial charge in [-0.25, -0.2) is 0 Å². The van der Waals surface area contributed by atoms with Gasteiger partial charge in [-0.2, -0.15) is 0 Å². The summed E-state index contributed by atoms with van der Waals surface area (Å²) in [6, 6.07) is 7.87. The van der Waals surface area contributed by atoms with Crippen LogP contribution in [0.3, 0.4) is 0 Å². The van der Waals surface area contributed by atoms with Crippen LogP contribution in [0, 0.1) is 5.41 Å². The van der Waals surface area contributed by atoms with Crippen LogP contribution in [0.4, 0.5) is 0 Å². The van der Waals surface area contributed by atoms with E-state index < -0.39 is 0 Å². The maximum Gasteiger partial charge on any atom is 0.0569 e. The minimum atomic E-state index is 0.159. The Morgan fingerprint density at radius 2 is 2.00 bits per heavy atom. The number of hydrogen-bond donors (Lipinski definition) is 2. The summed E-state index contributed by atoms with van der Waals surface area (Å²) in [5, 5.41) is 4.18. The van der Waals surface area contributed by atoms with E-state index >= 15 is 0 Å². The van der Waals surface area contributed by atoms with Crippen molar-refractivity contribution in [1.82, 2.24) is 5.32 Å². The number of benzene rings is 1. The Morgan fingerprint density at radius 3 is 2.50 bits per heavy atom. The van der Waals surface area contributed by atoms with Crippen LogP contribution in [0.15, 0.2) is 24.3 Å². The summed E-state index contributed by atoms with van der Waals surface area (Å²) in [7, 11) is 0. The lowest BCUT2D eigenvalue weighted by atomic mass is 9.86. The molecule has 1 aromatic carbocycles. The number of rotatable bonds is 5. The number of ether oxygens (including phenoxy) is 1. The molecular formula is C12H17ClN2O. The third-order valence-corrected chi connectivity index (χ3v) is 3.24. The van der Waals surface area contributed by atoms with E-state index in [-0.39, 0.29) is 5.41 Å². The minimum Gasteiger partial charge on any atom is -0.380 e. The van der Waals surface area contributed by atoms with Crippen molar-refractivity contribution < 1.29 is 4.74 Å². The van der Waals surface area contributed by atoms with Crippen molar-refractivity contribution in [1.29, 1.82) is 0 Å². The fourth-order valence-corrected chi connectivity index (χ4v) is 1.88. The van der Waals surface area contributed by atoms with Crippen LogP contribution in [-0.4, -0.2) is 26.3 Å².